The Hall–Kier alpha value is -1.81. The van der Waals surface area contributed by atoms with E-state index in [1.165, 1.54) is 11.8 Å². The van der Waals surface area contributed by atoms with Gasteiger partial charge in [0.2, 0.25) is 5.76 Å². The number of carbonyl (C=O) groups is 1. The predicted octanol–water partition coefficient (Wildman–Crippen LogP) is 2.69. The minimum Gasteiger partial charge on any atom is -0.354 e. The van der Waals surface area contributed by atoms with E-state index in [-0.39, 0.29) is 41.8 Å². The molecule has 0 bridgehead atoms. The number of nitrogens with zero attached hydrogens (tertiary/aromatic N) is 2. The maximum atomic E-state index is 13.4. The first-order chi connectivity index (χ1) is 11.6. The Bertz CT molecular complexity index is 898. The number of amides is 1. The van der Waals surface area contributed by atoms with Gasteiger partial charge in [0, 0.05) is 25.6 Å². The van der Waals surface area contributed by atoms with Gasteiger partial charge in [0.15, 0.2) is 9.84 Å². The number of thiophene rings is 1. The Morgan fingerprint density at radius 3 is 2.52 bits per heavy atom. The second-order valence-electron chi connectivity index (χ2n) is 5.98. The predicted molar refractivity (Wildman–Crippen MR) is 88.7 cm³/mol. The normalized spacial score (nSPS) is 17.7. The minimum absolute atomic E-state index is 0.0473. The molecule has 6 nitrogen and oxygen atoms in total. The fourth-order valence-corrected chi connectivity index (χ4v) is 4.84. The summed E-state index contributed by atoms with van der Waals surface area (Å²) < 4.78 is 54.6. The summed E-state index contributed by atoms with van der Waals surface area (Å²) in [4.78, 5) is 14.9. The van der Waals surface area contributed by atoms with Crippen molar-refractivity contribution in [2.24, 2.45) is 0 Å². The van der Waals surface area contributed by atoms with E-state index in [9.17, 15) is 22.0 Å². The van der Waals surface area contributed by atoms with Crippen molar-refractivity contribution in [2.75, 3.05) is 24.6 Å². The van der Waals surface area contributed by atoms with Crippen LogP contribution in [0, 0.1) is 6.92 Å². The summed E-state index contributed by atoms with van der Waals surface area (Å²) in [5, 5.41) is 3.71. The van der Waals surface area contributed by atoms with Crippen LogP contribution in [-0.4, -0.2) is 49.0 Å². The topological polar surface area (TPSA) is 80.5 Å². The molecule has 25 heavy (non-hydrogen) atoms. The Morgan fingerprint density at radius 1 is 1.32 bits per heavy atom. The fourth-order valence-electron chi connectivity index (χ4n) is 2.63. The van der Waals surface area contributed by atoms with E-state index in [4.69, 9.17) is 4.52 Å². The molecule has 0 radical (unpaired) electrons. The van der Waals surface area contributed by atoms with Gasteiger partial charge in [-0.1, -0.05) is 5.16 Å². The van der Waals surface area contributed by atoms with Gasteiger partial charge in [-0.15, -0.1) is 11.3 Å². The lowest BCUT2D eigenvalue weighted by molar-refractivity contribution is -0.0112. The van der Waals surface area contributed by atoms with Crippen LogP contribution in [-0.2, 0) is 15.8 Å². The monoisotopic (exact) mass is 390 g/mol. The third-order valence-corrected chi connectivity index (χ3v) is 6.69. The van der Waals surface area contributed by atoms with E-state index in [1.807, 2.05) is 0 Å². The summed E-state index contributed by atoms with van der Waals surface area (Å²) in [7, 11) is -3.07. The molecule has 0 saturated carbocycles. The summed E-state index contributed by atoms with van der Waals surface area (Å²) in [6, 6.07) is 3.21. The molecule has 1 fully saturated rings. The van der Waals surface area contributed by atoms with E-state index in [0.717, 1.165) is 18.3 Å². The van der Waals surface area contributed by atoms with Crippen molar-refractivity contribution >= 4 is 27.1 Å². The molecule has 3 rings (SSSR count). The number of aromatic nitrogens is 1. The summed E-state index contributed by atoms with van der Waals surface area (Å²) in [6.45, 7) is 2.54. The lowest BCUT2D eigenvalue weighted by Gasteiger charge is -2.26. The van der Waals surface area contributed by atoms with Crippen LogP contribution in [0.4, 0.5) is 8.78 Å². The third kappa shape index (κ3) is 3.59. The maximum absolute atomic E-state index is 13.4. The average Bonchev–Trinajstić information content (AvgIpc) is 3.12. The van der Waals surface area contributed by atoms with Crippen molar-refractivity contribution in [2.45, 2.75) is 19.8 Å². The zero-order valence-corrected chi connectivity index (χ0v) is 15.2. The molecule has 1 amide bonds. The zero-order chi connectivity index (χ0) is 18.4. The molecule has 3 heterocycles. The van der Waals surface area contributed by atoms with Gasteiger partial charge in [-0.25, -0.2) is 8.42 Å². The summed E-state index contributed by atoms with van der Waals surface area (Å²) in [6.07, 6.45) is 0. The summed E-state index contributed by atoms with van der Waals surface area (Å²) in [5.41, 5.74) is 0.513. The van der Waals surface area contributed by atoms with Gasteiger partial charge < -0.3 is 9.42 Å². The Morgan fingerprint density at radius 2 is 1.96 bits per heavy atom. The van der Waals surface area contributed by atoms with Crippen LogP contribution < -0.4 is 0 Å². The average molecular weight is 390 g/mol. The molecule has 0 atom stereocenters. The largest absolute Gasteiger partial charge is 0.354 e. The Labute approximate surface area is 147 Å². The van der Waals surface area contributed by atoms with Crippen LogP contribution in [0.1, 0.15) is 27.9 Å². The molecule has 0 N–H and O–H groups in total. The molecule has 1 saturated heterocycles. The molecule has 10 heteroatoms. The lowest BCUT2D eigenvalue weighted by Crippen LogP contribution is -2.43. The van der Waals surface area contributed by atoms with E-state index in [1.54, 1.807) is 12.1 Å². The van der Waals surface area contributed by atoms with Crippen LogP contribution in [0.3, 0.4) is 0 Å². The number of carbonyl (C=O) groups excluding carboxylic acids is 1. The molecule has 0 unspecified atom stereocenters. The van der Waals surface area contributed by atoms with Crippen molar-refractivity contribution in [3.8, 4) is 10.6 Å². The SMILES string of the molecule is Cc1c(-c2ccc(C(=O)N3CCS(=O)(=O)CC3)s2)noc1C(C)(F)F. The van der Waals surface area contributed by atoms with Crippen LogP contribution in [0.25, 0.3) is 10.6 Å². The van der Waals surface area contributed by atoms with Crippen LogP contribution >= 0.6 is 11.3 Å². The van der Waals surface area contributed by atoms with Crippen LogP contribution in [0.2, 0.25) is 0 Å². The smallest absolute Gasteiger partial charge is 0.304 e. The fraction of sp³-hybridized carbons (Fsp3) is 0.467. The molecule has 1 aliphatic heterocycles. The van der Waals surface area contributed by atoms with Crippen LogP contribution in [0.5, 0.6) is 0 Å². The summed E-state index contributed by atoms with van der Waals surface area (Å²) >= 11 is 1.12. The molecule has 0 spiro atoms. The number of hydrogen-bond acceptors (Lipinski definition) is 6. The number of halogens is 2. The first-order valence-electron chi connectivity index (χ1n) is 7.53. The highest BCUT2D eigenvalue weighted by molar-refractivity contribution is 7.91. The van der Waals surface area contributed by atoms with Crippen molar-refractivity contribution in [1.29, 1.82) is 0 Å². The first kappa shape index (κ1) is 18.0. The number of hydrogen-bond donors (Lipinski definition) is 0. The lowest BCUT2D eigenvalue weighted by atomic mass is 10.1. The second kappa shape index (κ2) is 6.17. The standard InChI is InChI=1S/C15H16F2N2O4S2/c1-9-12(18-23-13(9)15(2,16)17)10-3-4-11(24-10)14(20)19-5-7-25(21,22)8-6-19/h3-4H,5-8H2,1-2H3. The number of sulfone groups is 1. The van der Waals surface area contributed by atoms with E-state index in [2.05, 4.69) is 5.16 Å². The maximum Gasteiger partial charge on any atom is 0.304 e. The molecule has 2 aromatic rings. The molecular weight excluding hydrogens is 374 g/mol. The number of alkyl halides is 2. The summed E-state index contributed by atoms with van der Waals surface area (Å²) in [5.74, 6) is -3.99. The quantitative estimate of drug-likeness (QED) is 0.805. The van der Waals surface area contributed by atoms with Gasteiger partial charge in [-0.3, -0.25) is 4.79 Å². The van der Waals surface area contributed by atoms with Crippen molar-refractivity contribution in [1.82, 2.24) is 10.1 Å². The molecular formula is C15H16F2N2O4S2. The van der Waals surface area contributed by atoms with Crippen molar-refractivity contribution < 1.29 is 26.5 Å². The van der Waals surface area contributed by atoms with Gasteiger partial charge in [0.05, 0.1) is 21.3 Å². The Kier molecular flexibility index (Phi) is 4.44. The molecule has 2 aromatic heterocycles. The van der Waals surface area contributed by atoms with Gasteiger partial charge >= 0.3 is 5.92 Å². The molecule has 0 aliphatic carbocycles. The minimum atomic E-state index is -3.13. The highest BCUT2D eigenvalue weighted by Gasteiger charge is 2.34. The molecule has 136 valence electrons. The highest BCUT2D eigenvalue weighted by Crippen LogP contribution is 2.37. The highest BCUT2D eigenvalue weighted by atomic mass is 32.2. The zero-order valence-electron chi connectivity index (χ0n) is 13.6. The van der Waals surface area contributed by atoms with Crippen molar-refractivity contribution in [3.05, 3.63) is 28.3 Å². The van der Waals surface area contributed by atoms with Gasteiger partial charge in [0.1, 0.15) is 5.69 Å². The molecule has 1 aliphatic rings. The van der Waals surface area contributed by atoms with Gasteiger partial charge in [-0.2, -0.15) is 8.78 Å². The van der Waals surface area contributed by atoms with E-state index < -0.39 is 21.5 Å². The van der Waals surface area contributed by atoms with Gasteiger partial charge in [0.25, 0.3) is 5.91 Å². The molecule has 0 aromatic carbocycles. The first-order valence-corrected chi connectivity index (χ1v) is 10.2. The third-order valence-electron chi connectivity index (χ3n) is 4.00. The van der Waals surface area contributed by atoms with E-state index >= 15 is 0 Å². The van der Waals surface area contributed by atoms with E-state index in [0.29, 0.717) is 9.75 Å². The second-order valence-corrected chi connectivity index (χ2v) is 9.37. The van der Waals surface area contributed by atoms with Gasteiger partial charge in [-0.05, 0) is 19.1 Å². The van der Waals surface area contributed by atoms with Crippen molar-refractivity contribution in [3.63, 3.8) is 0 Å². The number of rotatable bonds is 3. The van der Waals surface area contributed by atoms with Crippen LogP contribution in [0.15, 0.2) is 16.7 Å². The Balaban J connectivity index is 1.81.